The van der Waals surface area contributed by atoms with Crippen molar-refractivity contribution < 1.29 is 52.2 Å². The fourth-order valence-corrected chi connectivity index (χ4v) is 4.34. The van der Waals surface area contributed by atoms with E-state index in [4.69, 9.17) is 42.6 Å². The standard InChI is InChI=1S/C37H36O11/c1-25(46-31-14-16-33(17-15-31)48-37(39)27-4-8-30(9-5-27)43-22-35-24-45-35)20-40-18-19-41-28-10-12-32(13-11-28)47-36(38)26-2-6-29(7-3-26)42-21-34-23-44-34/h2-17,25,34-35H,18-24H2,1H3. The van der Waals surface area contributed by atoms with E-state index in [0.29, 0.717) is 78.7 Å². The van der Waals surface area contributed by atoms with Crippen LogP contribution in [0, 0.1) is 0 Å². The topological polar surface area (TPSA) is 124 Å². The zero-order chi connectivity index (χ0) is 33.1. The van der Waals surface area contributed by atoms with Crippen molar-refractivity contribution in [3.63, 3.8) is 0 Å². The molecule has 0 bridgehead atoms. The highest BCUT2D eigenvalue weighted by molar-refractivity contribution is 5.91. The highest BCUT2D eigenvalue weighted by atomic mass is 16.6. The lowest BCUT2D eigenvalue weighted by atomic mass is 10.2. The highest BCUT2D eigenvalue weighted by Crippen LogP contribution is 2.23. The molecule has 0 aliphatic carbocycles. The van der Waals surface area contributed by atoms with Crippen LogP contribution in [0.15, 0.2) is 97.1 Å². The van der Waals surface area contributed by atoms with Crippen molar-refractivity contribution in [2.75, 3.05) is 46.2 Å². The van der Waals surface area contributed by atoms with Crippen LogP contribution in [0.3, 0.4) is 0 Å². The fourth-order valence-electron chi connectivity index (χ4n) is 4.34. The van der Waals surface area contributed by atoms with Crippen molar-refractivity contribution in [1.29, 1.82) is 0 Å². The Labute approximate surface area is 278 Å². The van der Waals surface area contributed by atoms with Crippen LogP contribution >= 0.6 is 0 Å². The number of hydrogen-bond acceptors (Lipinski definition) is 11. The first-order chi connectivity index (χ1) is 23.5. The van der Waals surface area contributed by atoms with Gasteiger partial charge in [0.15, 0.2) is 0 Å². The van der Waals surface area contributed by atoms with Crippen LogP contribution in [0.1, 0.15) is 27.6 Å². The fraction of sp³-hybridized carbons (Fsp3) is 0.297. The number of ether oxygens (including phenoxy) is 9. The van der Waals surface area contributed by atoms with Gasteiger partial charge >= 0.3 is 11.9 Å². The molecule has 3 atom stereocenters. The normalized spacial score (nSPS) is 16.7. The largest absolute Gasteiger partial charge is 0.491 e. The van der Waals surface area contributed by atoms with Gasteiger partial charge in [0, 0.05) is 0 Å². The molecule has 0 aromatic heterocycles. The number of epoxide rings is 2. The van der Waals surface area contributed by atoms with Crippen LogP contribution in [0.5, 0.6) is 34.5 Å². The number of carbonyl (C=O) groups excluding carboxylic acids is 2. The molecule has 4 aromatic rings. The molecule has 6 rings (SSSR count). The van der Waals surface area contributed by atoms with E-state index >= 15 is 0 Å². The molecule has 0 spiro atoms. The summed E-state index contributed by atoms with van der Waals surface area (Å²) in [6.07, 6.45) is 0.113. The molecule has 0 radical (unpaired) electrons. The van der Waals surface area contributed by atoms with Gasteiger partial charge in [0.1, 0.15) is 72.6 Å². The van der Waals surface area contributed by atoms with E-state index in [2.05, 4.69) is 0 Å². The average Bonchev–Trinajstić information content (AvgIpc) is 4.05. The second kappa shape index (κ2) is 16.1. The third-order valence-corrected chi connectivity index (χ3v) is 7.11. The van der Waals surface area contributed by atoms with E-state index in [9.17, 15) is 9.59 Å². The van der Waals surface area contributed by atoms with Crippen molar-refractivity contribution in [3.8, 4) is 34.5 Å². The van der Waals surface area contributed by atoms with E-state index in [0.717, 1.165) is 13.2 Å². The number of carbonyl (C=O) groups is 2. The summed E-state index contributed by atoms with van der Waals surface area (Å²) in [5.41, 5.74) is 0.838. The van der Waals surface area contributed by atoms with Crippen molar-refractivity contribution in [3.05, 3.63) is 108 Å². The monoisotopic (exact) mass is 656 g/mol. The maximum Gasteiger partial charge on any atom is 0.343 e. The maximum absolute atomic E-state index is 12.5. The summed E-state index contributed by atoms with van der Waals surface area (Å²) in [6.45, 7) is 5.39. The highest BCUT2D eigenvalue weighted by Gasteiger charge is 2.24. The van der Waals surface area contributed by atoms with Gasteiger partial charge in [-0.3, -0.25) is 0 Å². The molecular formula is C37H36O11. The molecule has 2 heterocycles. The molecule has 3 unspecified atom stereocenters. The Kier molecular flexibility index (Phi) is 11.0. The van der Waals surface area contributed by atoms with Crippen LogP contribution in [-0.4, -0.2) is 76.5 Å². The minimum atomic E-state index is -0.465. The molecule has 2 fully saturated rings. The number of esters is 2. The van der Waals surface area contributed by atoms with E-state index in [1.165, 1.54) is 0 Å². The predicted octanol–water partition coefficient (Wildman–Crippen LogP) is 5.54. The van der Waals surface area contributed by atoms with Crippen molar-refractivity contribution in [2.45, 2.75) is 25.2 Å². The summed E-state index contributed by atoms with van der Waals surface area (Å²) < 4.78 is 49.7. The Morgan fingerprint density at radius 2 is 0.979 bits per heavy atom. The molecule has 11 nitrogen and oxygen atoms in total. The summed E-state index contributed by atoms with van der Waals surface area (Å²) >= 11 is 0. The van der Waals surface area contributed by atoms with Gasteiger partial charge < -0.3 is 42.6 Å². The first-order valence-electron chi connectivity index (χ1n) is 15.7. The van der Waals surface area contributed by atoms with Gasteiger partial charge in [-0.15, -0.1) is 0 Å². The Morgan fingerprint density at radius 1 is 0.583 bits per heavy atom. The van der Waals surface area contributed by atoms with Crippen LogP contribution < -0.4 is 28.4 Å². The maximum atomic E-state index is 12.5. The lowest BCUT2D eigenvalue weighted by Crippen LogP contribution is -2.21. The molecular weight excluding hydrogens is 620 g/mol. The molecule has 0 amide bonds. The van der Waals surface area contributed by atoms with E-state index in [1.54, 1.807) is 97.1 Å². The van der Waals surface area contributed by atoms with Crippen LogP contribution in [0.25, 0.3) is 0 Å². The molecule has 4 aromatic carbocycles. The van der Waals surface area contributed by atoms with Crippen LogP contribution in [0.4, 0.5) is 0 Å². The zero-order valence-corrected chi connectivity index (χ0v) is 26.4. The Morgan fingerprint density at radius 3 is 1.44 bits per heavy atom. The molecule has 2 saturated heterocycles. The molecule has 2 aliphatic heterocycles. The van der Waals surface area contributed by atoms with Gasteiger partial charge in [0.25, 0.3) is 0 Å². The summed E-state index contributed by atoms with van der Waals surface area (Å²) in [4.78, 5) is 25.0. The van der Waals surface area contributed by atoms with Gasteiger partial charge in [-0.1, -0.05) is 0 Å². The van der Waals surface area contributed by atoms with E-state index < -0.39 is 11.9 Å². The SMILES string of the molecule is CC(COCCOc1ccc(OC(=O)c2ccc(OCC3CO3)cc2)cc1)Oc1ccc(OC(=O)c2ccc(OCC3CO3)cc2)cc1. The van der Waals surface area contributed by atoms with Gasteiger partial charge in [-0.2, -0.15) is 0 Å². The predicted molar refractivity (Wildman–Crippen MR) is 173 cm³/mol. The van der Waals surface area contributed by atoms with Gasteiger partial charge in [-0.05, 0) is 104 Å². The smallest absolute Gasteiger partial charge is 0.343 e. The van der Waals surface area contributed by atoms with Crippen LogP contribution in [0.2, 0.25) is 0 Å². The number of benzene rings is 4. The number of rotatable bonds is 18. The Balaban J connectivity index is 0.838. The molecule has 11 heteroatoms. The summed E-state index contributed by atoms with van der Waals surface area (Å²) in [5.74, 6) is 2.47. The third kappa shape index (κ3) is 10.5. The first kappa shape index (κ1) is 32.8. The van der Waals surface area contributed by atoms with Crippen molar-refractivity contribution in [1.82, 2.24) is 0 Å². The van der Waals surface area contributed by atoms with Gasteiger partial charge in [0.2, 0.25) is 0 Å². The zero-order valence-electron chi connectivity index (χ0n) is 26.4. The molecule has 250 valence electrons. The third-order valence-electron chi connectivity index (χ3n) is 7.11. The molecule has 2 aliphatic rings. The average molecular weight is 657 g/mol. The van der Waals surface area contributed by atoms with Crippen molar-refractivity contribution in [2.24, 2.45) is 0 Å². The second-order valence-corrected chi connectivity index (χ2v) is 11.2. The summed E-state index contributed by atoms with van der Waals surface area (Å²) in [7, 11) is 0. The van der Waals surface area contributed by atoms with Crippen molar-refractivity contribution >= 4 is 11.9 Å². The quantitative estimate of drug-likeness (QED) is 0.0580. The number of hydrogen-bond donors (Lipinski definition) is 0. The molecule has 0 N–H and O–H groups in total. The summed E-state index contributed by atoms with van der Waals surface area (Å²) in [5, 5.41) is 0. The minimum Gasteiger partial charge on any atom is -0.491 e. The Bertz CT molecular complexity index is 1610. The van der Waals surface area contributed by atoms with E-state index in [-0.39, 0.29) is 18.3 Å². The van der Waals surface area contributed by atoms with Gasteiger partial charge in [-0.25, -0.2) is 9.59 Å². The lowest BCUT2D eigenvalue weighted by molar-refractivity contribution is 0.0431. The molecule has 48 heavy (non-hydrogen) atoms. The second-order valence-electron chi connectivity index (χ2n) is 11.2. The van der Waals surface area contributed by atoms with E-state index in [1.807, 2.05) is 6.92 Å². The Hall–Kier alpha value is -5.10. The minimum absolute atomic E-state index is 0.167. The summed E-state index contributed by atoms with van der Waals surface area (Å²) in [6, 6.07) is 27.2. The van der Waals surface area contributed by atoms with Gasteiger partial charge in [0.05, 0.1) is 37.6 Å². The van der Waals surface area contributed by atoms with Crippen LogP contribution in [-0.2, 0) is 14.2 Å². The molecule has 0 saturated carbocycles. The first-order valence-corrected chi connectivity index (χ1v) is 15.7. The lowest BCUT2D eigenvalue weighted by Gasteiger charge is -2.15.